The summed E-state index contributed by atoms with van der Waals surface area (Å²) in [4.78, 5) is 23.6. The van der Waals surface area contributed by atoms with E-state index in [4.69, 9.17) is 0 Å². The zero-order valence-corrected chi connectivity index (χ0v) is 19.2. The number of aromatic nitrogens is 4. The van der Waals surface area contributed by atoms with Gasteiger partial charge in [0.15, 0.2) is 0 Å². The molecule has 0 bridgehead atoms. The molecule has 30 heavy (non-hydrogen) atoms. The first-order valence-corrected chi connectivity index (χ1v) is 13.0. The first-order chi connectivity index (χ1) is 14.6. The summed E-state index contributed by atoms with van der Waals surface area (Å²) in [6.45, 7) is 0. The molecule has 1 aliphatic carbocycles. The van der Waals surface area contributed by atoms with E-state index < -0.39 is 0 Å². The average Bonchev–Trinajstić information content (AvgIpc) is 2.75. The van der Waals surface area contributed by atoms with Crippen LogP contribution in [0.2, 0.25) is 0 Å². The molecule has 2 aromatic rings. The molecule has 1 fully saturated rings. The van der Waals surface area contributed by atoms with Crippen LogP contribution in [0.15, 0.2) is 24.3 Å². The fourth-order valence-corrected chi connectivity index (χ4v) is 4.77. The molecule has 1 saturated carbocycles. The fraction of sp³-hybridized carbons (Fsp3) is 0.545. The molecule has 0 spiro atoms. The maximum Gasteiger partial charge on any atom is 0.148 e. The highest BCUT2D eigenvalue weighted by Crippen LogP contribution is 2.39. The van der Waals surface area contributed by atoms with Crippen molar-refractivity contribution in [2.45, 2.75) is 50.4 Å². The number of hydrogen-bond donors (Lipinski definition) is 0. The van der Waals surface area contributed by atoms with Crippen LogP contribution in [0.3, 0.4) is 0 Å². The van der Waals surface area contributed by atoms with Gasteiger partial charge in [0.25, 0.3) is 0 Å². The van der Waals surface area contributed by atoms with Gasteiger partial charge in [-0.05, 0) is 56.0 Å². The van der Waals surface area contributed by atoms with Crippen LogP contribution >= 0.6 is 23.5 Å². The Morgan fingerprint density at radius 3 is 1.63 bits per heavy atom. The smallest absolute Gasteiger partial charge is 0.148 e. The van der Waals surface area contributed by atoms with Crippen molar-refractivity contribution in [2.24, 2.45) is 0 Å². The van der Waals surface area contributed by atoms with Crippen molar-refractivity contribution >= 4 is 35.1 Å². The molecule has 0 unspecified atom stereocenters. The normalized spacial score (nSPS) is 18.9. The zero-order valence-electron chi connectivity index (χ0n) is 17.5. The Kier molecular flexibility index (Phi) is 8.81. The van der Waals surface area contributed by atoms with Crippen molar-refractivity contribution in [3.8, 4) is 0 Å². The number of rotatable bonds is 10. The summed E-state index contributed by atoms with van der Waals surface area (Å²) in [7, 11) is 0. The molecule has 2 aromatic heterocycles. The van der Waals surface area contributed by atoms with Gasteiger partial charge in [-0.3, -0.25) is 9.59 Å². The summed E-state index contributed by atoms with van der Waals surface area (Å²) in [5.41, 5.74) is 3.46. The van der Waals surface area contributed by atoms with Crippen LogP contribution in [0.25, 0.3) is 0 Å². The lowest BCUT2D eigenvalue weighted by atomic mass is 9.78. The highest BCUT2D eigenvalue weighted by Gasteiger charge is 2.26. The first kappa shape index (κ1) is 22.9. The molecule has 160 valence electrons. The van der Waals surface area contributed by atoms with Crippen molar-refractivity contribution < 1.29 is 9.59 Å². The predicted molar refractivity (Wildman–Crippen MR) is 122 cm³/mol. The van der Waals surface area contributed by atoms with Crippen molar-refractivity contribution in [3.63, 3.8) is 0 Å². The lowest BCUT2D eigenvalue weighted by Crippen LogP contribution is -2.17. The van der Waals surface area contributed by atoms with E-state index in [1.807, 2.05) is 36.8 Å². The molecule has 2 heterocycles. The molecule has 3 rings (SSSR count). The van der Waals surface area contributed by atoms with E-state index in [0.29, 0.717) is 36.2 Å². The molecule has 0 saturated heterocycles. The zero-order chi connectivity index (χ0) is 21.3. The second-order valence-corrected chi connectivity index (χ2v) is 9.49. The highest BCUT2D eigenvalue weighted by atomic mass is 32.2. The number of hydrogen-bond acceptors (Lipinski definition) is 8. The predicted octanol–water partition coefficient (Wildman–Crippen LogP) is 3.66. The number of carbonyl (C=O) groups excluding carboxylic acids is 2. The molecule has 0 aliphatic heterocycles. The summed E-state index contributed by atoms with van der Waals surface area (Å²) in [5.74, 6) is 2.08. The van der Waals surface area contributed by atoms with Crippen molar-refractivity contribution in [3.05, 3.63) is 47.0 Å². The van der Waals surface area contributed by atoms with E-state index >= 15 is 0 Å². The number of nitrogens with zero attached hydrogens (tertiary/aromatic N) is 4. The van der Waals surface area contributed by atoms with Crippen molar-refractivity contribution in [1.82, 2.24) is 20.4 Å². The van der Waals surface area contributed by atoms with Gasteiger partial charge in [0.1, 0.15) is 11.6 Å². The molecule has 0 radical (unpaired) electrons. The Balaban J connectivity index is 1.59. The second kappa shape index (κ2) is 11.6. The van der Waals surface area contributed by atoms with Gasteiger partial charge in [-0.1, -0.05) is 6.42 Å². The summed E-state index contributed by atoms with van der Waals surface area (Å²) >= 11 is 3.06. The number of carbonyl (C=O) groups is 2. The number of Topliss-reactive ketones (excluding diaryl/α,β-unsaturated/α-hetero) is 2. The molecular formula is C22H28N4O2S2. The minimum Gasteiger partial charge on any atom is -0.298 e. The van der Waals surface area contributed by atoms with Crippen LogP contribution in [0.5, 0.6) is 0 Å². The van der Waals surface area contributed by atoms with E-state index in [1.54, 1.807) is 0 Å². The summed E-state index contributed by atoms with van der Waals surface area (Å²) in [6, 6.07) is 7.91. The minimum atomic E-state index is 0.180. The first-order valence-electron chi connectivity index (χ1n) is 10.2. The van der Waals surface area contributed by atoms with E-state index in [2.05, 4.69) is 20.4 Å². The van der Waals surface area contributed by atoms with Crippen LogP contribution in [-0.2, 0) is 22.4 Å². The Labute approximate surface area is 186 Å². The molecule has 0 aromatic carbocycles. The molecule has 1 aliphatic rings. The van der Waals surface area contributed by atoms with Crippen LogP contribution in [0.1, 0.15) is 60.3 Å². The third kappa shape index (κ3) is 6.60. The largest absolute Gasteiger partial charge is 0.298 e. The van der Waals surface area contributed by atoms with Crippen LogP contribution < -0.4 is 0 Å². The number of ketones is 2. The molecule has 2 atom stereocenters. The van der Waals surface area contributed by atoms with Gasteiger partial charge in [-0.2, -0.15) is 43.9 Å². The lowest BCUT2D eigenvalue weighted by Gasteiger charge is -2.28. The third-order valence-corrected chi connectivity index (χ3v) is 6.58. The van der Waals surface area contributed by atoms with Gasteiger partial charge in [0, 0.05) is 11.8 Å². The summed E-state index contributed by atoms with van der Waals surface area (Å²) < 4.78 is 0. The molecule has 0 N–H and O–H groups in total. The topological polar surface area (TPSA) is 85.7 Å². The maximum absolute atomic E-state index is 11.8. The highest BCUT2D eigenvalue weighted by molar-refractivity contribution is 7.99. The molecule has 6 nitrogen and oxygen atoms in total. The molecule has 8 heteroatoms. The van der Waals surface area contributed by atoms with E-state index in [1.165, 1.54) is 23.5 Å². The van der Waals surface area contributed by atoms with E-state index in [9.17, 15) is 9.59 Å². The Morgan fingerprint density at radius 1 is 0.800 bits per heavy atom. The standard InChI is InChI=1S/C22H28N4O2S2/c1-29-13-19(27)11-17-6-8-21(25-23-17)15-4-3-5-16(10-15)22-9-7-18(24-26-22)12-20(28)14-30-2/h6-9,15-16H,3-5,10-14H2,1-2H3/t15-,16-/m0/s1. The van der Waals surface area contributed by atoms with Crippen LogP contribution in [0.4, 0.5) is 0 Å². The SMILES string of the molecule is CSCC(=O)Cc1ccc([C@H]2CCC[C@H](c3ccc(CC(=O)CSC)nn3)C2)nn1. The lowest BCUT2D eigenvalue weighted by molar-refractivity contribution is -0.116. The van der Waals surface area contributed by atoms with Gasteiger partial charge in [-0.25, -0.2) is 0 Å². The quantitative estimate of drug-likeness (QED) is 0.549. The van der Waals surface area contributed by atoms with Crippen molar-refractivity contribution in [2.75, 3.05) is 24.0 Å². The monoisotopic (exact) mass is 444 g/mol. The summed E-state index contributed by atoms with van der Waals surface area (Å²) in [6.07, 6.45) is 8.81. The maximum atomic E-state index is 11.8. The fourth-order valence-electron chi connectivity index (χ4n) is 3.92. The second-order valence-electron chi connectivity index (χ2n) is 7.76. The van der Waals surface area contributed by atoms with E-state index in [-0.39, 0.29) is 11.6 Å². The van der Waals surface area contributed by atoms with Gasteiger partial charge in [0.2, 0.25) is 0 Å². The van der Waals surface area contributed by atoms with Crippen LogP contribution in [0, 0.1) is 0 Å². The Morgan fingerprint density at radius 2 is 1.27 bits per heavy atom. The molecular weight excluding hydrogens is 416 g/mol. The van der Waals surface area contributed by atoms with Crippen LogP contribution in [-0.4, -0.2) is 56.0 Å². The average molecular weight is 445 g/mol. The Bertz CT molecular complexity index is 774. The minimum absolute atomic E-state index is 0.180. The third-order valence-electron chi connectivity index (χ3n) is 5.36. The van der Waals surface area contributed by atoms with E-state index in [0.717, 1.165) is 48.5 Å². The van der Waals surface area contributed by atoms with Gasteiger partial charge < -0.3 is 0 Å². The summed E-state index contributed by atoms with van der Waals surface area (Å²) in [5, 5.41) is 17.4. The van der Waals surface area contributed by atoms with Gasteiger partial charge >= 0.3 is 0 Å². The van der Waals surface area contributed by atoms with Gasteiger partial charge in [-0.15, -0.1) is 0 Å². The number of thioether (sulfide) groups is 2. The van der Waals surface area contributed by atoms with Gasteiger partial charge in [0.05, 0.1) is 47.1 Å². The Hall–Kier alpha value is -1.80. The molecule has 0 amide bonds. The van der Waals surface area contributed by atoms with Crippen molar-refractivity contribution in [1.29, 1.82) is 0 Å².